The SMILES string of the molecule is CCCc1nn(C)c(SCc2ccccc2C)c1N. The standard InChI is InChI=1S/C15H21N3S/c1-4-7-13-14(16)15(18(3)17-13)19-10-12-9-6-5-8-11(12)2/h5-6,8-9H,4,7,10,16H2,1-3H3. The van der Waals surface area contributed by atoms with Crippen LogP contribution in [0.3, 0.4) is 0 Å². The molecule has 0 aliphatic heterocycles. The molecular weight excluding hydrogens is 254 g/mol. The van der Waals surface area contributed by atoms with Crippen molar-refractivity contribution >= 4 is 17.4 Å². The van der Waals surface area contributed by atoms with E-state index in [2.05, 4.69) is 43.2 Å². The van der Waals surface area contributed by atoms with Crippen LogP contribution in [-0.4, -0.2) is 9.78 Å². The minimum atomic E-state index is 0.850. The van der Waals surface area contributed by atoms with Gasteiger partial charge in [0.25, 0.3) is 0 Å². The molecule has 1 aromatic heterocycles. The lowest BCUT2D eigenvalue weighted by atomic mass is 10.1. The van der Waals surface area contributed by atoms with Gasteiger partial charge < -0.3 is 5.73 Å². The first kappa shape index (κ1) is 14.0. The number of benzene rings is 1. The fourth-order valence-electron chi connectivity index (χ4n) is 2.09. The molecule has 0 atom stereocenters. The number of anilines is 1. The van der Waals surface area contributed by atoms with Gasteiger partial charge in [-0.05, 0) is 24.5 Å². The van der Waals surface area contributed by atoms with Gasteiger partial charge in [-0.25, -0.2) is 0 Å². The third kappa shape index (κ3) is 3.13. The summed E-state index contributed by atoms with van der Waals surface area (Å²) in [5, 5.41) is 5.58. The van der Waals surface area contributed by atoms with Gasteiger partial charge in [0.15, 0.2) is 0 Å². The Bertz CT molecular complexity index is 561. The predicted molar refractivity (Wildman–Crippen MR) is 82.4 cm³/mol. The van der Waals surface area contributed by atoms with Gasteiger partial charge in [0.2, 0.25) is 0 Å². The molecule has 1 aromatic carbocycles. The molecule has 0 aliphatic rings. The zero-order valence-electron chi connectivity index (χ0n) is 11.8. The summed E-state index contributed by atoms with van der Waals surface area (Å²) in [7, 11) is 1.97. The minimum Gasteiger partial charge on any atom is -0.395 e. The predicted octanol–water partition coefficient (Wildman–Crippen LogP) is 3.56. The van der Waals surface area contributed by atoms with E-state index >= 15 is 0 Å². The van der Waals surface area contributed by atoms with Crippen molar-refractivity contribution in [1.29, 1.82) is 0 Å². The Labute approximate surface area is 119 Å². The van der Waals surface area contributed by atoms with Gasteiger partial charge in [-0.15, -0.1) is 0 Å². The van der Waals surface area contributed by atoms with Crippen LogP contribution in [0.2, 0.25) is 0 Å². The maximum absolute atomic E-state index is 6.19. The van der Waals surface area contributed by atoms with Crippen molar-refractivity contribution in [2.24, 2.45) is 7.05 Å². The van der Waals surface area contributed by atoms with Gasteiger partial charge in [-0.2, -0.15) is 5.10 Å². The van der Waals surface area contributed by atoms with Gasteiger partial charge in [0, 0.05) is 12.8 Å². The van der Waals surface area contributed by atoms with Crippen LogP contribution in [-0.2, 0) is 19.2 Å². The maximum Gasteiger partial charge on any atom is 0.117 e. The normalized spacial score (nSPS) is 10.9. The van der Waals surface area contributed by atoms with E-state index in [4.69, 9.17) is 5.73 Å². The highest BCUT2D eigenvalue weighted by Gasteiger charge is 2.13. The Morgan fingerprint density at radius 2 is 2.05 bits per heavy atom. The largest absolute Gasteiger partial charge is 0.395 e. The number of nitrogens with zero attached hydrogens (tertiary/aromatic N) is 2. The summed E-state index contributed by atoms with van der Waals surface area (Å²) in [6.45, 7) is 4.29. The fraction of sp³-hybridized carbons (Fsp3) is 0.400. The summed E-state index contributed by atoms with van der Waals surface area (Å²) in [6, 6.07) is 8.46. The van der Waals surface area contributed by atoms with E-state index in [0.29, 0.717) is 0 Å². The van der Waals surface area contributed by atoms with E-state index in [-0.39, 0.29) is 0 Å². The van der Waals surface area contributed by atoms with E-state index in [9.17, 15) is 0 Å². The van der Waals surface area contributed by atoms with E-state index in [1.54, 1.807) is 11.8 Å². The van der Waals surface area contributed by atoms with Crippen molar-refractivity contribution in [3.63, 3.8) is 0 Å². The summed E-state index contributed by atoms with van der Waals surface area (Å²) in [4.78, 5) is 0. The third-order valence-electron chi connectivity index (χ3n) is 3.22. The lowest BCUT2D eigenvalue weighted by Crippen LogP contribution is -1.95. The average Bonchev–Trinajstić information content (AvgIpc) is 2.65. The number of aromatic nitrogens is 2. The van der Waals surface area contributed by atoms with Crippen LogP contribution < -0.4 is 5.73 Å². The summed E-state index contributed by atoms with van der Waals surface area (Å²) in [5.74, 6) is 0.933. The van der Waals surface area contributed by atoms with Crippen molar-refractivity contribution < 1.29 is 0 Å². The van der Waals surface area contributed by atoms with Gasteiger partial charge in [0.1, 0.15) is 5.03 Å². The molecule has 2 aromatic rings. The molecule has 102 valence electrons. The first-order valence-electron chi connectivity index (χ1n) is 6.62. The molecule has 0 fully saturated rings. The first-order valence-corrected chi connectivity index (χ1v) is 7.60. The van der Waals surface area contributed by atoms with Crippen LogP contribution in [0.5, 0.6) is 0 Å². The molecular formula is C15H21N3S. The molecule has 0 radical (unpaired) electrons. The van der Waals surface area contributed by atoms with Crippen molar-refractivity contribution in [1.82, 2.24) is 9.78 Å². The number of hydrogen-bond acceptors (Lipinski definition) is 3. The number of rotatable bonds is 5. The van der Waals surface area contributed by atoms with E-state index in [1.807, 2.05) is 11.7 Å². The molecule has 0 bridgehead atoms. The van der Waals surface area contributed by atoms with Gasteiger partial charge in [0.05, 0.1) is 11.4 Å². The number of aryl methyl sites for hydroxylation is 3. The smallest absolute Gasteiger partial charge is 0.117 e. The Hall–Kier alpha value is -1.42. The Kier molecular flexibility index (Phi) is 4.53. The Balaban J connectivity index is 2.14. The van der Waals surface area contributed by atoms with Crippen LogP contribution in [0.1, 0.15) is 30.2 Å². The molecule has 19 heavy (non-hydrogen) atoms. The molecule has 0 amide bonds. The molecule has 0 saturated carbocycles. The lowest BCUT2D eigenvalue weighted by molar-refractivity contribution is 0.681. The van der Waals surface area contributed by atoms with Crippen LogP contribution in [0, 0.1) is 6.92 Å². The fourth-order valence-corrected chi connectivity index (χ4v) is 3.21. The maximum atomic E-state index is 6.19. The molecule has 2 N–H and O–H groups in total. The van der Waals surface area contributed by atoms with E-state index in [0.717, 1.165) is 35.0 Å². The highest BCUT2D eigenvalue weighted by molar-refractivity contribution is 7.98. The summed E-state index contributed by atoms with van der Waals surface area (Å²) in [6.07, 6.45) is 2.02. The summed E-state index contributed by atoms with van der Waals surface area (Å²) >= 11 is 1.76. The summed E-state index contributed by atoms with van der Waals surface area (Å²) < 4.78 is 1.91. The van der Waals surface area contributed by atoms with Crippen molar-refractivity contribution in [2.45, 2.75) is 37.5 Å². The molecule has 0 unspecified atom stereocenters. The van der Waals surface area contributed by atoms with Crippen LogP contribution >= 0.6 is 11.8 Å². The number of thioether (sulfide) groups is 1. The second-order valence-electron chi connectivity index (χ2n) is 4.75. The number of nitrogens with two attached hydrogens (primary N) is 1. The molecule has 1 heterocycles. The zero-order chi connectivity index (χ0) is 13.8. The second-order valence-corrected chi connectivity index (χ2v) is 5.72. The van der Waals surface area contributed by atoms with Crippen molar-refractivity contribution in [3.05, 3.63) is 41.1 Å². The lowest BCUT2D eigenvalue weighted by Gasteiger charge is -2.06. The molecule has 2 rings (SSSR count). The third-order valence-corrected chi connectivity index (χ3v) is 4.43. The van der Waals surface area contributed by atoms with Crippen LogP contribution in [0.15, 0.2) is 29.3 Å². The van der Waals surface area contributed by atoms with Crippen LogP contribution in [0.25, 0.3) is 0 Å². The Morgan fingerprint density at radius 3 is 2.74 bits per heavy atom. The minimum absolute atomic E-state index is 0.850. The highest BCUT2D eigenvalue weighted by atomic mass is 32.2. The topological polar surface area (TPSA) is 43.8 Å². The highest BCUT2D eigenvalue weighted by Crippen LogP contribution is 2.31. The first-order chi connectivity index (χ1) is 9.13. The quantitative estimate of drug-likeness (QED) is 0.849. The number of hydrogen-bond donors (Lipinski definition) is 1. The molecule has 0 saturated heterocycles. The Morgan fingerprint density at radius 1 is 1.32 bits per heavy atom. The van der Waals surface area contributed by atoms with Crippen molar-refractivity contribution in [2.75, 3.05) is 5.73 Å². The van der Waals surface area contributed by atoms with Crippen molar-refractivity contribution in [3.8, 4) is 0 Å². The second kappa shape index (κ2) is 6.15. The van der Waals surface area contributed by atoms with Gasteiger partial charge >= 0.3 is 0 Å². The monoisotopic (exact) mass is 275 g/mol. The molecule has 0 aliphatic carbocycles. The van der Waals surface area contributed by atoms with E-state index in [1.165, 1.54) is 11.1 Å². The van der Waals surface area contributed by atoms with Gasteiger partial charge in [-0.1, -0.05) is 49.4 Å². The zero-order valence-corrected chi connectivity index (χ0v) is 12.6. The molecule has 0 spiro atoms. The molecule has 3 nitrogen and oxygen atoms in total. The number of nitrogen functional groups attached to an aromatic ring is 1. The summed E-state index contributed by atoms with van der Waals surface area (Å²) in [5.41, 5.74) is 10.7. The van der Waals surface area contributed by atoms with E-state index < -0.39 is 0 Å². The average molecular weight is 275 g/mol. The van der Waals surface area contributed by atoms with Crippen LogP contribution in [0.4, 0.5) is 5.69 Å². The van der Waals surface area contributed by atoms with Gasteiger partial charge in [-0.3, -0.25) is 4.68 Å². The molecule has 4 heteroatoms.